The predicted molar refractivity (Wildman–Crippen MR) is 91.7 cm³/mol. The predicted octanol–water partition coefficient (Wildman–Crippen LogP) is 3.94. The van der Waals surface area contributed by atoms with Crippen LogP contribution in [0.15, 0.2) is 41.0 Å². The molecule has 1 aliphatic rings. The molecule has 0 spiro atoms. The van der Waals surface area contributed by atoms with Crippen LogP contribution in [-0.2, 0) is 6.18 Å². The maximum absolute atomic E-state index is 12.8. The van der Waals surface area contributed by atoms with Crippen LogP contribution in [0.2, 0.25) is 5.02 Å². The number of anilines is 1. The van der Waals surface area contributed by atoms with Crippen LogP contribution in [0.25, 0.3) is 0 Å². The minimum atomic E-state index is -4.54. The van der Waals surface area contributed by atoms with Crippen molar-refractivity contribution in [2.75, 3.05) is 31.5 Å². The van der Waals surface area contributed by atoms with E-state index in [-0.39, 0.29) is 48.6 Å². The van der Waals surface area contributed by atoms with Gasteiger partial charge >= 0.3 is 12.2 Å². The van der Waals surface area contributed by atoms with Crippen molar-refractivity contribution in [3.05, 3.63) is 52.9 Å². The van der Waals surface area contributed by atoms with Gasteiger partial charge in [0.25, 0.3) is 5.91 Å². The number of furan rings is 1. The lowest BCUT2D eigenvalue weighted by molar-refractivity contribution is -0.137. The molecule has 0 unspecified atom stereocenters. The van der Waals surface area contributed by atoms with Gasteiger partial charge in [-0.1, -0.05) is 11.6 Å². The first-order chi connectivity index (χ1) is 12.8. The number of halogens is 4. The summed E-state index contributed by atoms with van der Waals surface area (Å²) in [6.45, 7) is 1.02. The quantitative estimate of drug-likeness (QED) is 0.828. The van der Waals surface area contributed by atoms with Crippen molar-refractivity contribution in [2.24, 2.45) is 0 Å². The highest BCUT2D eigenvalue weighted by Crippen LogP contribution is 2.33. The number of benzene rings is 1. The SMILES string of the molecule is O=C(Nc1cc(C(F)(F)F)ccc1Cl)N1CCN(C(=O)c2ccco2)CC1. The zero-order valence-corrected chi connectivity index (χ0v) is 14.7. The first-order valence-electron chi connectivity index (χ1n) is 8.01. The monoisotopic (exact) mass is 401 g/mol. The summed E-state index contributed by atoms with van der Waals surface area (Å²) >= 11 is 5.89. The van der Waals surface area contributed by atoms with Crippen LogP contribution in [0, 0.1) is 0 Å². The Morgan fingerprint density at radius 1 is 1.07 bits per heavy atom. The molecule has 27 heavy (non-hydrogen) atoms. The van der Waals surface area contributed by atoms with Gasteiger partial charge in [-0.3, -0.25) is 4.79 Å². The lowest BCUT2D eigenvalue weighted by Gasteiger charge is -2.34. The lowest BCUT2D eigenvalue weighted by atomic mass is 10.2. The molecule has 2 heterocycles. The van der Waals surface area contributed by atoms with Gasteiger partial charge < -0.3 is 19.5 Å². The van der Waals surface area contributed by atoms with Gasteiger partial charge in [-0.25, -0.2) is 4.79 Å². The van der Waals surface area contributed by atoms with E-state index in [4.69, 9.17) is 16.0 Å². The maximum atomic E-state index is 12.8. The van der Waals surface area contributed by atoms with Gasteiger partial charge in [0.05, 0.1) is 22.5 Å². The Morgan fingerprint density at radius 3 is 2.33 bits per heavy atom. The molecule has 1 fully saturated rings. The fourth-order valence-electron chi connectivity index (χ4n) is 2.66. The van der Waals surface area contributed by atoms with Crippen LogP contribution in [0.3, 0.4) is 0 Å². The number of nitrogens with one attached hydrogen (secondary N) is 1. The number of carbonyl (C=O) groups is 2. The normalized spacial score (nSPS) is 15.0. The van der Waals surface area contributed by atoms with E-state index >= 15 is 0 Å². The molecule has 1 saturated heterocycles. The minimum Gasteiger partial charge on any atom is -0.459 e. The third-order valence-electron chi connectivity index (χ3n) is 4.12. The second kappa shape index (κ2) is 7.51. The highest BCUT2D eigenvalue weighted by atomic mass is 35.5. The van der Waals surface area contributed by atoms with Crippen molar-refractivity contribution >= 4 is 29.2 Å². The van der Waals surface area contributed by atoms with Crippen molar-refractivity contribution in [1.29, 1.82) is 0 Å². The Bertz CT molecular complexity index is 832. The van der Waals surface area contributed by atoms with Gasteiger partial charge in [0.2, 0.25) is 0 Å². The molecule has 1 aromatic heterocycles. The lowest BCUT2D eigenvalue weighted by Crippen LogP contribution is -2.51. The molecule has 10 heteroatoms. The van der Waals surface area contributed by atoms with Crippen molar-refractivity contribution in [1.82, 2.24) is 9.80 Å². The highest BCUT2D eigenvalue weighted by Gasteiger charge is 2.31. The zero-order valence-electron chi connectivity index (χ0n) is 13.9. The van der Waals surface area contributed by atoms with E-state index in [9.17, 15) is 22.8 Å². The Kier molecular flexibility index (Phi) is 5.31. The van der Waals surface area contributed by atoms with E-state index in [1.807, 2.05) is 0 Å². The third kappa shape index (κ3) is 4.36. The Morgan fingerprint density at radius 2 is 1.74 bits per heavy atom. The van der Waals surface area contributed by atoms with Gasteiger partial charge in [0, 0.05) is 26.2 Å². The first kappa shape index (κ1) is 19.1. The van der Waals surface area contributed by atoms with Crippen LogP contribution < -0.4 is 5.32 Å². The van der Waals surface area contributed by atoms with Crippen LogP contribution in [0.4, 0.5) is 23.7 Å². The van der Waals surface area contributed by atoms with Crippen LogP contribution in [0.1, 0.15) is 16.1 Å². The van der Waals surface area contributed by atoms with Crippen molar-refractivity contribution < 1.29 is 27.2 Å². The summed E-state index contributed by atoms with van der Waals surface area (Å²) in [7, 11) is 0. The van der Waals surface area contributed by atoms with Gasteiger partial charge in [0.1, 0.15) is 0 Å². The molecule has 3 rings (SSSR count). The van der Waals surface area contributed by atoms with Crippen molar-refractivity contribution in [3.8, 4) is 0 Å². The van der Waals surface area contributed by atoms with Crippen LogP contribution >= 0.6 is 11.6 Å². The molecule has 0 aliphatic carbocycles. The molecule has 0 atom stereocenters. The van der Waals surface area contributed by atoms with Crippen molar-refractivity contribution in [3.63, 3.8) is 0 Å². The van der Waals surface area contributed by atoms with E-state index in [0.717, 1.165) is 18.2 Å². The molecular weight excluding hydrogens is 387 g/mol. The highest BCUT2D eigenvalue weighted by molar-refractivity contribution is 6.33. The number of piperazine rings is 1. The summed E-state index contributed by atoms with van der Waals surface area (Å²) < 4.78 is 43.5. The van der Waals surface area contributed by atoms with E-state index in [0.29, 0.717) is 0 Å². The number of carbonyl (C=O) groups excluding carboxylic acids is 2. The topological polar surface area (TPSA) is 65.8 Å². The van der Waals surface area contributed by atoms with Gasteiger partial charge in [-0.15, -0.1) is 0 Å². The molecule has 2 aromatic rings. The Balaban J connectivity index is 1.61. The van der Waals surface area contributed by atoms with Crippen molar-refractivity contribution in [2.45, 2.75) is 6.18 Å². The van der Waals surface area contributed by atoms with E-state index < -0.39 is 17.8 Å². The fraction of sp³-hybridized carbons (Fsp3) is 0.294. The average molecular weight is 402 g/mol. The van der Waals surface area contributed by atoms with Gasteiger partial charge in [-0.2, -0.15) is 13.2 Å². The third-order valence-corrected chi connectivity index (χ3v) is 4.45. The molecular formula is C17H15ClF3N3O3. The molecule has 0 bridgehead atoms. The van der Waals surface area contributed by atoms with Gasteiger partial charge in [-0.05, 0) is 30.3 Å². The van der Waals surface area contributed by atoms with E-state index in [2.05, 4.69) is 5.32 Å². The van der Waals surface area contributed by atoms with E-state index in [1.165, 1.54) is 11.2 Å². The largest absolute Gasteiger partial charge is 0.459 e. The maximum Gasteiger partial charge on any atom is 0.416 e. The molecule has 1 aromatic carbocycles. The first-order valence-corrected chi connectivity index (χ1v) is 8.39. The summed E-state index contributed by atoms with van der Waals surface area (Å²) in [5, 5.41) is 2.40. The Hall–Kier alpha value is -2.68. The number of hydrogen-bond donors (Lipinski definition) is 1. The Labute approximate surface area is 157 Å². The summed E-state index contributed by atoms with van der Waals surface area (Å²) in [6, 6.07) is 5.29. The number of amides is 3. The summed E-state index contributed by atoms with van der Waals surface area (Å²) in [4.78, 5) is 27.5. The number of hydrogen-bond acceptors (Lipinski definition) is 3. The average Bonchev–Trinajstić information content (AvgIpc) is 3.16. The molecule has 3 amide bonds. The summed E-state index contributed by atoms with van der Waals surface area (Å²) in [6.07, 6.45) is -3.14. The number of urea groups is 1. The zero-order chi connectivity index (χ0) is 19.6. The second-order valence-corrected chi connectivity index (χ2v) is 6.29. The second-order valence-electron chi connectivity index (χ2n) is 5.88. The minimum absolute atomic E-state index is 0.00276. The molecule has 0 saturated carbocycles. The molecule has 1 aliphatic heterocycles. The van der Waals surface area contributed by atoms with Crippen LogP contribution in [-0.4, -0.2) is 47.9 Å². The molecule has 0 radical (unpaired) electrons. The summed E-state index contributed by atoms with van der Waals surface area (Å²) in [5.41, 5.74) is -1.03. The number of nitrogens with zero attached hydrogens (tertiary/aromatic N) is 2. The van der Waals surface area contributed by atoms with Crippen LogP contribution in [0.5, 0.6) is 0 Å². The number of alkyl halides is 3. The van der Waals surface area contributed by atoms with Gasteiger partial charge in [0.15, 0.2) is 5.76 Å². The smallest absolute Gasteiger partial charge is 0.416 e. The molecule has 1 N–H and O–H groups in total. The fourth-order valence-corrected chi connectivity index (χ4v) is 2.83. The molecule has 6 nitrogen and oxygen atoms in total. The number of rotatable bonds is 2. The molecule has 144 valence electrons. The standard InChI is InChI=1S/C17H15ClF3N3O3/c18-12-4-3-11(17(19,20)21)10-13(12)22-16(26)24-7-5-23(6-8-24)15(25)14-2-1-9-27-14/h1-4,9-10H,5-8H2,(H,22,26). The summed E-state index contributed by atoms with van der Waals surface area (Å²) in [5.74, 6) is -0.0652. The van der Waals surface area contributed by atoms with E-state index in [1.54, 1.807) is 17.0 Å².